The fourth-order valence-electron chi connectivity index (χ4n) is 4.61. The molecule has 166 valence electrons. The van der Waals surface area contributed by atoms with Crippen molar-refractivity contribution in [3.05, 3.63) is 18.5 Å². The molecule has 2 aliphatic carbocycles. The summed E-state index contributed by atoms with van der Waals surface area (Å²) in [6.45, 7) is 2.22. The number of aliphatic carboxylic acids is 1. The topological polar surface area (TPSA) is 71.9 Å². The first-order chi connectivity index (χ1) is 14.3. The second kappa shape index (κ2) is 8.61. The maximum Gasteiger partial charge on any atom is 0.391 e. The van der Waals surface area contributed by atoms with Gasteiger partial charge < -0.3 is 19.5 Å². The molecule has 2 heterocycles. The molecule has 9 heteroatoms. The molecule has 0 amide bonds. The smallest absolute Gasteiger partial charge is 0.391 e. The maximum absolute atomic E-state index is 12.8. The van der Waals surface area contributed by atoms with Gasteiger partial charge in [-0.1, -0.05) is 0 Å². The highest BCUT2D eigenvalue weighted by molar-refractivity contribution is 5.73. The molecule has 1 aliphatic heterocycles. The first kappa shape index (κ1) is 21.2. The lowest BCUT2D eigenvalue weighted by Gasteiger charge is -2.34. The number of aromatic nitrogens is 1. The van der Waals surface area contributed by atoms with Crippen molar-refractivity contribution in [2.24, 2.45) is 23.7 Å². The number of carboxylic acids is 1. The highest BCUT2D eigenvalue weighted by atomic mass is 19.4. The number of carbonyl (C=O) groups is 1. The Kier molecular flexibility index (Phi) is 6.09. The predicted octanol–water partition coefficient (Wildman–Crippen LogP) is 3.76. The number of halogens is 3. The van der Waals surface area contributed by atoms with Gasteiger partial charge in [-0.25, -0.2) is 0 Å². The van der Waals surface area contributed by atoms with Crippen LogP contribution >= 0.6 is 0 Å². The van der Waals surface area contributed by atoms with Gasteiger partial charge in [0.1, 0.15) is 5.75 Å². The summed E-state index contributed by atoms with van der Waals surface area (Å²) in [7, 11) is 0. The van der Waals surface area contributed by atoms with Gasteiger partial charge in [0.15, 0.2) is 0 Å². The number of morpholine rings is 1. The van der Waals surface area contributed by atoms with E-state index in [4.69, 9.17) is 14.6 Å². The fraction of sp³-hybridized carbons (Fsp3) is 0.714. The van der Waals surface area contributed by atoms with E-state index in [1.54, 1.807) is 12.4 Å². The predicted molar refractivity (Wildman–Crippen MR) is 102 cm³/mol. The van der Waals surface area contributed by atoms with Crippen molar-refractivity contribution in [3.63, 3.8) is 0 Å². The molecule has 0 unspecified atom stereocenters. The molecule has 2 saturated carbocycles. The molecule has 30 heavy (non-hydrogen) atoms. The number of pyridine rings is 1. The number of carboxylic acid groups (broad SMARTS) is 1. The summed E-state index contributed by atoms with van der Waals surface area (Å²) in [5.41, 5.74) is 0.883. The number of ether oxygens (including phenoxy) is 2. The molecule has 1 aromatic rings. The highest BCUT2D eigenvalue weighted by Gasteiger charge is 2.49. The van der Waals surface area contributed by atoms with Crippen LogP contribution in [0, 0.1) is 23.7 Å². The first-order valence-electron chi connectivity index (χ1n) is 10.5. The monoisotopic (exact) mass is 428 g/mol. The lowest BCUT2D eigenvalue weighted by molar-refractivity contribution is -0.184. The Bertz CT molecular complexity index is 752. The van der Waals surface area contributed by atoms with Crippen molar-refractivity contribution in [3.8, 4) is 5.75 Å². The van der Waals surface area contributed by atoms with E-state index in [1.165, 1.54) is 0 Å². The molecule has 1 aromatic heterocycles. The number of alkyl halides is 3. The Morgan fingerprint density at radius 2 is 2.03 bits per heavy atom. The van der Waals surface area contributed by atoms with Gasteiger partial charge in [0.2, 0.25) is 0 Å². The molecule has 1 N–H and O–H groups in total. The van der Waals surface area contributed by atoms with E-state index in [9.17, 15) is 18.0 Å². The highest BCUT2D eigenvalue weighted by Crippen LogP contribution is 2.44. The summed E-state index contributed by atoms with van der Waals surface area (Å²) >= 11 is 0. The first-order valence-corrected chi connectivity index (χ1v) is 10.5. The lowest BCUT2D eigenvalue weighted by Crippen LogP contribution is -2.44. The van der Waals surface area contributed by atoms with E-state index in [-0.39, 0.29) is 36.7 Å². The lowest BCUT2D eigenvalue weighted by atomic mass is 9.82. The van der Waals surface area contributed by atoms with Crippen molar-refractivity contribution in [1.82, 2.24) is 4.98 Å². The van der Waals surface area contributed by atoms with E-state index in [2.05, 4.69) is 9.88 Å². The summed E-state index contributed by atoms with van der Waals surface area (Å²) in [5.74, 6) is -1.46. The van der Waals surface area contributed by atoms with E-state index in [0.29, 0.717) is 51.3 Å². The average molecular weight is 428 g/mol. The normalized spacial score (nSPS) is 32.0. The molecule has 3 fully saturated rings. The van der Waals surface area contributed by atoms with Crippen LogP contribution in [0.1, 0.15) is 32.1 Å². The molecule has 1 saturated heterocycles. The molecule has 0 bridgehead atoms. The third-order valence-corrected chi connectivity index (χ3v) is 6.59. The SMILES string of the molecule is O=C(O)[C@@H]1C[C@H]1[C@H]1CN(c2cncc(OC[C@H]3CC[C@H](C(F)(F)F)CC3)c2)CCO1. The van der Waals surface area contributed by atoms with Crippen molar-refractivity contribution in [2.45, 2.75) is 44.4 Å². The van der Waals surface area contributed by atoms with Crippen LogP contribution in [-0.2, 0) is 9.53 Å². The fourth-order valence-corrected chi connectivity index (χ4v) is 4.61. The van der Waals surface area contributed by atoms with Crippen molar-refractivity contribution in [2.75, 3.05) is 31.2 Å². The summed E-state index contributed by atoms with van der Waals surface area (Å²) in [6, 6.07) is 1.89. The van der Waals surface area contributed by atoms with Crippen LogP contribution in [0.3, 0.4) is 0 Å². The summed E-state index contributed by atoms with van der Waals surface area (Å²) in [4.78, 5) is 17.5. The van der Waals surface area contributed by atoms with Gasteiger partial charge in [-0.05, 0) is 38.0 Å². The molecular formula is C21H27F3N2O4. The molecule has 0 aromatic carbocycles. The number of rotatable bonds is 6. The third-order valence-electron chi connectivity index (χ3n) is 6.59. The Labute approximate surface area is 173 Å². The second-order valence-corrected chi connectivity index (χ2v) is 8.65. The largest absolute Gasteiger partial charge is 0.492 e. The van der Waals surface area contributed by atoms with Crippen LogP contribution in [0.4, 0.5) is 18.9 Å². The third kappa shape index (κ3) is 4.99. The molecule has 3 aliphatic rings. The van der Waals surface area contributed by atoms with Gasteiger partial charge in [-0.15, -0.1) is 0 Å². The molecule has 3 atom stereocenters. The van der Waals surface area contributed by atoms with Crippen LogP contribution in [-0.4, -0.2) is 54.6 Å². The number of hydrogen-bond donors (Lipinski definition) is 1. The van der Waals surface area contributed by atoms with Gasteiger partial charge in [-0.2, -0.15) is 13.2 Å². The van der Waals surface area contributed by atoms with Gasteiger partial charge in [0.05, 0.1) is 49.2 Å². The minimum Gasteiger partial charge on any atom is -0.492 e. The summed E-state index contributed by atoms with van der Waals surface area (Å²) in [6.07, 6.45) is 1.20. The van der Waals surface area contributed by atoms with E-state index in [1.807, 2.05) is 6.07 Å². The van der Waals surface area contributed by atoms with Crippen LogP contribution in [0.25, 0.3) is 0 Å². The average Bonchev–Trinajstić information content (AvgIpc) is 3.54. The van der Waals surface area contributed by atoms with Crippen LogP contribution in [0.15, 0.2) is 18.5 Å². The van der Waals surface area contributed by atoms with Crippen molar-refractivity contribution < 1.29 is 32.5 Å². The summed E-state index contributed by atoms with van der Waals surface area (Å²) < 4.78 is 50.0. The minimum absolute atomic E-state index is 0.0597. The molecule has 0 radical (unpaired) electrons. The van der Waals surface area contributed by atoms with Gasteiger partial charge >= 0.3 is 12.1 Å². The van der Waals surface area contributed by atoms with Crippen LogP contribution in [0.2, 0.25) is 0 Å². The summed E-state index contributed by atoms with van der Waals surface area (Å²) in [5, 5.41) is 9.14. The molecular weight excluding hydrogens is 401 g/mol. The number of anilines is 1. The standard InChI is InChI=1S/C21H27F3N2O4/c22-21(23,24)14-3-1-13(2-4-14)12-30-16-7-15(9-25-10-16)26-5-6-29-19(11-26)17-8-18(17)20(27)28/h7,9-10,13-14,17-19H,1-6,8,11-12H2,(H,27,28)/t13-,14-,17-,18-,19-/m1/s1. The zero-order chi connectivity index (χ0) is 21.3. The molecule has 0 spiro atoms. The Balaban J connectivity index is 1.28. The molecule has 4 rings (SSSR count). The Morgan fingerprint density at radius 1 is 1.27 bits per heavy atom. The van der Waals surface area contributed by atoms with Gasteiger partial charge in [0.25, 0.3) is 0 Å². The second-order valence-electron chi connectivity index (χ2n) is 8.65. The van der Waals surface area contributed by atoms with Crippen LogP contribution in [0.5, 0.6) is 5.75 Å². The Morgan fingerprint density at radius 3 is 2.70 bits per heavy atom. The number of nitrogens with zero attached hydrogens (tertiary/aromatic N) is 2. The molecule has 6 nitrogen and oxygen atoms in total. The van der Waals surface area contributed by atoms with Crippen LogP contribution < -0.4 is 9.64 Å². The van der Waals surface area contributed by atoms with E-state index >= 15 is 0 Å². The van der Waals surface area contributed by atoms with Crippen molar-refractivity contribution in [1.29, 1.82) is 0 Å². The van der Waals surface area contributed by atoms with Gasteiger partial charge in [-0.3, -0.25) is 9.78 Å². The van der Waals surface area contributed by atoms with E-state index in [0.717, 1.165) is 5.69 Å². The number of hydrogen-bond acceptors (Lipinski definition) is 5. The Hall–Kier alpha value is -2.03. The van der Waals surface area contributed by atoms with Gasteiger partial charge in [0, 0.05) is 25.1 Å². The quantitative estimate of drug-likeness (QED) is 0.744. The van der Waals surface area contributed by atoms with Crippen molar-refractivity contribution >= 4 is 11.7 Å². The minimum atomic E-state index is -4.09. The van der Waals surface area contributed by atoms with E-state index < -0.39 is 18.1 Å². The zero-order valence-corrected chi connectivity index (χ0v) is 16.7. The maximum atomic E-state index is 12.8. The zero-order valence-electron chi connectivity index (χ0n) is 16.7.